The van der Waals surface area contributed by atoms with Crippen molar-refractivity contribution in [2.75, 3.05) is 0 Å². The Hall–Kier alpha value is -8.01. The molecule has 9 aromatic carbocycles. The Labute approximate surface area is 351 Å². The molecule has 0 aliphatic heterocycles. The van der Waals surface area contributed by atoms with Crippen molar-refractivity contribution in [2.45, 2.75) is 0 Å². The fourth-order valence-electron chi connectivity index (χ4n) is 7.97. The van der Waals surface area contributed by atoms with Crippen LogP contribution in [0.1, 0.15) is 0 Å². The lowest BCUT2D eigenvalue weighted by Crippen LogP contribution is -2.00. The van der Waals surface area contributed by atoms with E-state index in [9.17, 15) is 0 Å². The van der Waals surface area contributed by atoms with Crippen LogP contribution >= 0.6 is 0 Å². The third kappa shape index (κ3) is 7.56. The quantitative estimate of drug-likeness (QED) is 0.147. The fraction of sp³-hybridized carbons (Fsp3) is 0. The molecule has 282 valence electrons. The van der Waals surface area contributed by atoms with Crippen molar-refractivity contribution in [2.24, 2.45) is 0 Å². The van der Waals surface area contributed by atoms with Gasteiger partial charge in [-0.25, -0.2) is 15.0 Å². The number of rotatable bonds is 9. The molecule has 0 aliphatic carbocycles. The third-order valence-corrected chi connectivity index (χ3v) is 10.9. The van der Waals surface area contributed by atoms with Gasteiger partial charge in [0.2, 0.25) is 0 Å². The van der Waals surface area contributed by atoms with Crippen LogP contribution < -0.4 is 0 Å². The summed E-state index contributed by atoms with van der Waals surface area (Å²) in [6, 6.07) is 83.1. The van der Waals surface area contributed by atoms with Gasteiger partial charge in [-0.2, -0.15) is 0 Å². The molecule has 10 rings (SSSR count). The van der Waals surface area contributed by atoms with Gasteiger partial charge in [0.15, 0.2) is 17.5 Å². The first-order valence-electron chi connectivity index (χ1n) is 20.3. The minimum atomic E-state index is 0.621. The molecule has 0 bridgehead atoms. The summed E-state index contributed by atoms with van der Waals surface area (Å²) in [5.74, 6) is 1.87. The smallest absolute Gasteiger partial charge is 0.164 e. The Morgan fingerprint density at radius 1 is 0.167 bits per heavy atom. The topological polar surface area (TPSA) is 38.7 Å². The Kier molecular flexibility index (Phi) is 9.97. The molecular formula is C57H39N3. The lowest BCUT2D eigenvalue weighted by atomic mass is 9.92. The first-order chi connectivity index (χ1) is 29.7. The number of hydrogen-bond acceptors (Lipinski definition) is 3. The van der Waals surface area contributed by atoms with Crippen LogP contribution in [0.3, 0.4) is 0 Å². The van der Waals surface area contributed by atoms with E-state index in [1.54, 1.807) is 0 Å². The van der Waals surface area contributed by atoms with Crippen molar-refractivity contribution in [1.82, 2.24) is 15.0 Å². The first kappa shape index (κ1) is 36.3. The molecule has 0 N–H and O–H groups in total. The molecule has 0 saturated heterocycles. The molecule has 3 heteroatoms. The van der Waals surface area contributed by atoms with Crippen LogP contribution in [0.2, 0.25) is 0 Å². The molecule has 1 aromatic heterocycles. The van der Waals surface area contributed by atoms with Gasteiger partial charge in [0.1, 0.15) is 0 Å². The number of hydrogen-bond donors (Lipinski definition) is 0. The first-order valence-corrected chi connectivity index (χ1v) is 20.3. The van der Waals surface area contributed by atoms with Crippen molar-refractivity contribution >= 4 is 0 Å². The van der Waals surface area contributed by atoms with E-state index >= 15 is 0 Å². The predicted molar refractivity (Wildman–Crippen MR) is 249 cm³/mol. The molecule has 0 spiro atoms. The maximum absolute atomic E-state index is 5.17. The van der Waals surface area contributed by atoms with Crippen molar-refractivity contribution in [3.63, 3.8) is 0 Å². The summed E-state index contributed by atoms with van der Waals surface area (Å²) in [7, 11) is 0. The SMILES string of the molecule is c1ccc(-c2nc(-c3cccc(-c4cccc(-c5ccccc5-c5ccccc5)c4)c3)nc(-c3cccc(-c4cccc(-c5ccccc5-c5ccccc5)c4)c3)n2)cc1. The highest BCUT2D eigenvalue weighted by atomic mass is 15.0. The fourth-order valence-corrected chi connectivity index (χ4v) is 7.97. The highest BCUT2D eigenvalue weighted by Gasteiger charge is 2.15. The van der Waals surface area contributed by atoms with Gasteiger partial charge in [-0.15, -0.1) is 0 Å². The summed E-state index contributed by atoms with van der Waals surface area (Å²) in [5.41, 5.74) is 16.7. The molecule has 1 heterocycles. The van der Waals surface area contributed by atoms with E-state index in [0.29, 0.717) is 17.5 Å². The molecule has 3 nitrogen and oxygen atoms in total. The highest BCUT2D eigenvalue weighted by molar-refractivity contribution is 5.87. The average Bonchev–Trinajstić information content (AvgIpc) is 3.35. The van der Waals surface area contributed by atoms with Crippen LogP contribution in [-0.4, -0.2) is 15.0 Å². The van der Waals surface area contributed by atoms with Gasteiger partial charge in [0.05, 0.1) is 0 Å². The summed E-state index contributed by atoms with van der Waals surface area (Å²) in [5, 5.41) is 0. The Balaban J connectivity index is 1.02. The molecule has 0 atom stereocenters. The highest BCUT2D eigenvalue weighted by Crippen LogP contribution is 2.37. The molecular weight excluding hydrogens is 727 g/mol. The third-order valence-electron chi connectivity index (χ3n) is 10.9. The minimum absolute atomic E-state index is 0.621. The van der Waals surface area contributed by atoms with Gasteiger partial charge in [0, 0.05) is 16.7 Å². The lowest BCUT2D eigenvalue weighted by molar-refractivity contribution is 1.07. The summed E-state index contributed by atoms with van der Waals surface area (Å²) in [6.07, 6.45) is 0. The van der Waals surface area contributed by atoms with Crippen LogP contribution in [0.25, 0.3) is 101 Å². The van der Waals surface area contributed by atoms with E-state index in [1.807, 2.05) is 30.3 Å². The van der Waals surface area contributed by atoms with Crippen LogP contribution in [0.15, 0.2) is 237 Å². The summed E-state index contributed by atoms with van der Waals surface area (Å²) in [6.45, 7) is 0. The summed E-state index contributed by atoms with van der Waals surface area (Å²) >= 11 is 0. The maximum atomic E-state index is 5.17. The Bertz CT molecular complexity index is 2900. The van der Waals surface area contributed by atoms with Gasteiger partial charge in [-0.3, -0.25) is 0 Å². The molecule has 0 radical (unpaired) electrons. The summed E-state index contributed by atoms with van der Waals surface area (Å²) in [4.78, 5) is 15.3. The normalized spacial score (nSPS) is 11.0. The van der Waals surface area contributed by atoms with Crippen LogP contribution in [0, 0.1) is 0 Å². The van der Waals surface area contributed by atoms with Crippen molar-refractivity contribution in [1.29, 1.82) is 0 Å². The maximum Gasteiger partial charge on any atom is 0.164 e. The zero-order valence-electron chi connectivity index (χ0n) is 32.9. The molecule has 60 heavy (non-hydrogen) atoms. The molecule has 10 aromatic rings. The second-order valence-corrected chi connectivity index (χ2v) is 14.8. The van der Waals surface area contributed by atoms with Crippen LogP contribution in [0.5, 0.6) is 0 Å². The second kappa shape index (κ2) is 16.5. The van der Waals surface area contributed by atoms with Gasteiger partial charge in [0.25, 0.3) is 0 Å². The lowest BCUT2D eigenvalue weighted by Gasteiger charge is -2.13. The predicted octanol–water partition coefficient (Wildman–Crippen LogP) is 14.9. The number of aromatic nitrogens is 3. The molecule has 0 amide bonds. The van der Waals surface area contributed by atoms with Crippen molar-refractivity contribution in [3.8, 4) is 101 Å². The van der Waals surface area contributed by atoms with Crippen molar-refractivity contribution in [3.05, 3.63) is 237 Å². The monoisotopic (exact) mass is 765 g/mol. The Morgan fingerprint density at radius 2 is 0.400 bits per heavy atom. The zero-order valence-corrected chi connectivity index (χ0v) is 32.9. The molecule has 0 aliphatic rings. The van der Waals surface area contributed by atoms with Gasteiger partial charge in [-0.1, -0.05) is 212 Å². The van der Waals surface area contributed by atoms with E-state index in [2.05, 4.69) is 206 Å². The molecule has 0 saturated carbocycles. The van der Waals surface area contributed by atoms with E-state index in [0.717, 1.165) is 50.1 Å². The Morgan fingerprint density at radius 3 is 0.767 bits per heavy atom. The van der Waals surface area contributed by atoms with E-state index in [-0.39, 0.29) is 0 Å². The molecule has 0 fully saturated rings. The van der Waals surface area contributed by atoms with E-state index in [1.165, 1.54) is 33.4 Å². The average molecular weight is 766 g/mol. The van der Waals surface area contributed by atoms with Crippen molar-refractivity contribution < 1.29 is 0 Å². The van der Waals surface area contributed by atoms with E-state index in [4.69, 9.17) is 15.0 Å². The van der Waals surface area contributed by atoms with Crippen LogP contribution in [0.4, 0.5) is 0 Å². The number of nitrogens with zero attached hydrogens (tertiary/aromatic N) is 3. The zero-order chi connectivity index (χ0) is 40.1. The van der Waals surface area contributed by atoms with Crippen LogP contribution in [-0.2, 0) is 0 Å². The van der Waals surface area contributed by atoms with Gasteiger partial charge >= 0.3 is 0 Å². The standard InChI is InChI=1S/C57H39N3/c1-4-18-40(19-5-1)51-32-10-12-34-53(51)47-28-14-24-43(36-47)45-26-16-30-49(38-45)56-58-55(42-22-8-3-9-23-42)59-57(60-56)50-31-17-27-46(39-50)44-25-15-29-48(37-44)54-35-13-11-33-52(54)41-20-6-2-7-21-41/h1-39H. The second-order valence-electron chi connectivity index (χ2n) is 14.8. The number of benzene rings is 9. The molecule has 0 unspecified atom stereocenters. The largest absolute Gasteiger partial charge is 0.208 e. The van der Waals surface area contributed by atoms with Gasteiger partial charge < -0.3 is 0 Å². The van der Waals surface area contributed by atoms with E-state index < -0.39 is 0 Å². The summed E-state index contributed by atoms with van der Waals surface area (Å²) < 4.78 is 0. The van der Waals surface area contributed by atoms with Gasteiger partial charge in [-0.05, 0) is 91.0 Å². The minimum Gasteiger partial charge on any atom is -0.208 e.